The minimum Gasteiger partial charge on any atom is -0.389 e. The van der Waals surface area contributed by atoms with Crippen LogP contribution in [0.15, 0.2) is 18.2 Å². The van der Waals surface area contributed by atoms with Gasteiger partial charge >= 0.3 is 0 Å². The summed E-state index contributed by atoms with van der Waals surface area (Å²) in [5.41, 5.74) is 0.511. The van der Waals surface area contributed by atoms with E-state index in [1.54, 1.807) is 24.9 Å². The molecule has 110 valence electrons. The van der Waals surface area contributed by atoms with E-state index in [9.17, 15) is 14.3 Å². The fourth-order valence-corrected chi connectivity index (χ4v) is 2.74. The smallest absolute Gasteiger partial charge is 0.247 e. The van der Waals surface area contributed by atoms with Gasteiger partial charge in [-0.3, -0.25) is 4.79 Å². The third-order valence-electron chi connectivity index (χ3n) is 3.93. The molecule has 0 aromatic heterocycles. The van der Waals surface area contributed by atoms with Crippen LogP contribution >= 0.6 is 0 Å². The monoisotopic (exact) mass is 280 g/mol. The maximum Gasteiger partial charge on any atom is 0.247 e. The average Bonchev–Trinajstić information content (AvgIpc) is 2.37. The fourth-order valence-electron chi connectivity index (χ4n) is 2.74. The Balaban J connectivity index is 2.48. The van der Waals surface area contributed by atoms with Crippen LogP contribution in [0, 0.1) is 5.82 Å². The number of hydrogen-bond donors (Lipinski definition) is 1. The van der Waals surface area contributed by atoms with Crippen molar-refractivity contribution in [3.63, 3.8) is 0 Å². The van der Waals surface area contributed by atoms with Gasteiger partial charge in [-0.1, -0.05) is 0 Å². The quantitative estimate of drug-likeness (QED) is 0.900. The standard InChI is InChI=1S/C15H21FN2O2/c1-10(19)12-9-11(16)5-6-13(12)18-8-7-17(4)14(20)15(18,2)3/h5-6,9-10,19H,7-8H2,1-4H3/t10-/m0/s1. The predicted molar refractivity (Wildman–Crippen MR) is 76.1 cm³/mol. The molecule has 4 nitrogen and oxygen atoms in total. The van der Waals surface area contributed by atoms with Crippen LogP contribution in [0.5, 0.6) is 0 Å². The first-order valence-corrected chi connectivity index (χ1v) is 6.76. The molecule has 1 N–H and O–H groups in total. The van der Waals surface area contributed by atoms with Gasteiger partial charge < -0.3 is 14.9 Å². The van der Waals surface area contributed by atoms with Crippen molar-refractivity contribution < 1.29 is 14.3 Å². The number of rotatable bonds is 2. The number of carbonyl (C=O) groups excluding carboxylic acids is 1. The van der Waals surface area contributed by atoms with Crippen LogP contribution < -0.4 is 4.90 Å². The summed E-state index contributed by atoms with van der Waals surface area (Å²) in [5, 5.41) is 9.86. The third-order valence-corrected chi connectivity index (χ3v) is 3.93. The molecule has 0 aliphatic carbocycles. The summed E-state index contributed by atoms with van der Waals surface area (Å²) in [7, 11) is 1.78. The van der Waals surface area contributed by atoms with Gasteiger partial charge in [-0.15, -0.1) is 0 Å². The minimum absolute atomic E-state index is 0.0182. The maximum absolute atomic E-state index is 13.4. The van der Waals surface area contributed by atoms with E-state index < -0.39 is 11.6 Å². The molecule has 1 aromatic carbocycles. The van der Waals surface area contributed by atoms with Crippen LogP contribution in [0.4, 0.5) is 10.1 Å². The lowest BCUT2D eigenvalue weighted by Gasteiger charge is -2.47. The van der Waals surface area contributed by atoms with E-state index in [0.29, 0.717) is 24.3 Å². The highest BCUT2D eigenvalue weighted by Crippen LogP contribution is 2.34. The predicted octanol–water partition coefficient (Wildman–Crippen LogP) is 1.94. The molecule has 1 heterocycles. The Morgan fingerprint density at radius 2 is 2.00 bits per heavy atom. The summed E-state index contributed by atoms with van der Waals surface area (Å²) in [6.07, 6.45) is -0.786. The molecule has 1 aromatic rings. The van der Waals surface area contributed by atoms with E-state index in [2.05, 4.69) is 0 Å². The normalized spacial score (nSPS) is 20.2. The molecule has 1 fully saturated rings. The second kappa shape index (κ2) is 5.05. The highest BCUT2D eigenvalue weighted by atomic mass is 19.1. The Morgan fingerprint density at radius 1 is 1.35 bits per heavy atom. The highest BCUT2D eigenvalue weighted by Gasteiger charge is 2.41. The second-order valence-corrected chi connectivity index (χ2v) is 5.82. The number of hydrogen-bond acceptors (Lipinski definition) is 3. The second-order valence-electron chi connectivity index (χ2n) is 5.82. The van der Waals surface area contributed by atoms with Gasteiger partial charge in [0.05, 0.1) is 6.10 Å². The van der Waals surface area contributed by atoms with Crippen LogP contribution in [-0.2, 0) is 4.79 Å². The van der Waals surface area contributed by atoms with Crippen molar-refractivity contribution in [3.8, 4) is 0 Å². The molecule has 0 bridgehead atoms. The molecule has 0 spiro atoms. The van der Waals surface area contributed by atoms with Crippen molar-refractivity contribution in [2.75, 3.05) is 25.0 Å². The average molecular weight is 280 g/mol. The van der Waals surface area contributed by atoms with Crippen LogP contribution in [0.3, 0.4) is 0 Å². The first kappa shape index (κ1) is 14.8. The summed E-state index contributed by atoms with van der Waals surface area (Å²) in [6, 6.07) is 4.33. The number of aliphatic hydroxyl groups excluding tert-OH is 1. The van der Waals surface area contributed by atoms with Gasteiger partial charge in [-0.25, -0.2) is 4.39 Å². The Bertz CT molecular complexity index is 529. The first-order chi connectivity index (χ1) is 9.25. The van der Waals surface area contributed by atoms with Crippen LogP contribution in [-0.4, -0.2) is 41.6 Å². The summed E-state index contributed by atoms with van der Waals surface area (Å²) < 4.78 is 13.4. The largest absolute Gasteiger partial charge is 0.389 e. The lowest BCUT2D eigenvalue weighted by Crippen LogP contribution is -2.62. The van der Waals surface area contributed by atoms with Crippen LogP contribution in [0.1, 0.15) is 32.4 Å². The van der Waals surface area contributed by atoms with E-state index >= 15 is 0 Å². The van der Waals surface area contributed by atoms with Gasteiger partial charge in [0.1, 0.15) is 11.4 Å². The molecule has 5 heteroatoms. The number of aliphatic hydroxyl groups is 1. The first-order valence-electron chi connectivity index (χ1n) is 6.76. The summed E-state index contributed by atoms with van der Waals surface area (Å²) in [5.74, 6) is -0.368. The number of likely N-dealkylation sites (N-methyl/N-ethyl adjacent to an activating group) is 1. The minimum atomic E-state index is -0.786. The molecule has 0 radical (unpaired) electrons. The van der Waals surface area contributed by atoms with Crippen molar-refractivity contribution in [2.45, 2.75) is 32.4 Å². The Kier molecular flexibility index (Phi) is 3.73. The molecule has 2 rings (SSSR count). The molecule has 1 amide bonds. The number of benzene rings is 1. The van der Waals surface area contributed by atoms with Gasteiger partial charge in [-0.05, 0) is 39.0 Å². The van der Waals surface area contributed by atoms with Crippen molar-refractivity contribution in [1.29, 1.82) is 0 Å². The van der Waals surface area contributed by atoms with Crippen LogP contribution in [0.25, 0.3) is 0 Å². The molecule has 1 saturated heterocycles. The molecular weight excluding hydrogens is 259 g/mol. The van der Waals surface area contributed by atoms with Gasteiger partial charge in [0, 0.05) is 31.4 Å². The van der Waals surface area contributed by atoms with Gasteiger partial charge in [0.25, 0.3) is 0 Å². The lowest BCUT2D eigenvalue weighted by molar-refractivity contribution is -0.136. The lowest BCUT2D eigenvalue weighted by atomic mass is 9.94. The van der Waals surface area contributed by atoms with E-state index in [4.69, 9.17) is 0 Å². The molecule has 1 aliphatic heterocycles. The molecule has 1 aliphatic rings. The SMILES string of the molecule is C[C@H](O)c1cc(F)ccc1N1CCN(C)C(=O)C1(C)C. The number of carbonyl (C=O) groups is 1. The zero-order valence-electron chi connectivity index (χ0n) is 12.4. The van der Waals surface area contributed by atoms with Crippen molar-refractivity contribution in [2.24, 2.45) is 0 Å². The molecular formula is C15H21FN2O2. The van der Waals surface area contributed by atoms with Gasteiger partial charge in [-0.2, -0.15) is 0 Å². The van der Waals surface area contributed by atoms with Crippen LogP contribution in [0.2, 0.25) is 0 Å². The van der Waals surface area contributed by atoms with Gasteiger partial charge in [0.15, 0.2) is 0 Å². The zero-order valence-corrected chi connectivity index (χ0v) is 12.4. The van der Waals surface area contributed by atoms with E-state index in [1.165, 1.54) is 12.1 Å². The molecule has 20 heavy (non-hydrogen) atoms. The third kappa shape index (κ3) is 2.38. The highest BCUT2D eigenvalue weighted by molar-refractivity contribution is 5.90. The van der Waals surface area contributed by atoms with Crippen molar-refractivity contribution in [1.82, 2.24) is 4.90 Å². The Labute approximate surface area is 118 Å². The number of nitrogens with zero attached hydrogens (tertiary/aromatic N) is 2. The summed E-state index contributed by atoms with van der Waals surface area (Å²) in [6.45, 7) is 6.56. The Hall–Kier alpha value is -1.62. The topological polar surface area (TPSA) is 43.8 Å². The van der Waals surface area contributed by atoms with Crippen molar-refractivity contribution in [3.05, 3.63) is 29.6 Å². The molecule has 0 saturated carbocycles. The number of anilines is 1. The van der Waals surface area contributed by atoms with Crippen molar-refractivity contribution >= 4 is 11.6 Å². The summed E-state index contributed by atoms with van der Waals surface area (Å²) >= 11 is 0. The van der Waals surface area contributed by atoms with Gasteiger partial charge in [0.2, 0.25) is 5.91 Å². The van der Waals surface area contributed by atoms with E-state index in [1.807, 2.05) is 18.7 Å². The van der Waals surface area contributed by atoms with E-state index in [-0.39, 0.29) is 11.7 Å². The maximum atomic E-state index is 13.4. The molecule has 1 atom stereocenters. The fraction of sp³-hybridized carbons (Fsp3) is 0.533. The summed E-state index contributed by atoms with van der Waals surface area (Å²) in [4.78, 5) is 16.0. The molecule has 0 unspecified atom stereocenters. The van der Waals surface area contributed by atoms with E-state index in [0.717, 1.165) is 0 Å². The Morgan fingerprint density at radius 3 is 2.60 bits per heavy atom. The number of piperazine rings is 1. The zero-order chi connectivity index (χ0) is 15.1. The number of amides is 1. The number of halogens is 1.